The minimum absolute atomic E-state index is 0.505. The molecule has 21 heavy (non-hydrogen) atoms. The standard InChI is InChI=1S/C14H22N6S/c1-15-14-17-12(11-4-7-21-13(11)18-14)16-8-10-9-19(2)5-6-20(10)3/h4,7,10H,5-6,8-9H2,1-3H3,(H2,15,16,17,18). The zero-order valence-corrected chi connectivity index (χ0v) is 13.6. The number of hydrogen-bond acceptors (Lipinski definition) is 7. The van der Waals surface area contributed by atoms with E-state index < -0.39 is 0 Å². The van der Waals surface area contributed by atoms with Crippen LogP contribution in [-0.2, 0) is 0 Å². The van der Waals surface area contributed by atoms with E-state index in [4.69, 9.17) is 0 Å². The second-order valence-corrected chi connectivity index (χ2v) is 6.46. The summed E-state index contributed by atoms with van der Waals surface area (Å²) in [5.41, 5.74) is 0. The Kier molecular flexibility index (Phi) is 4.23. The molecular weight excluding hydrogens is 284 g/mol. The second-order valence-electron chi connectivity index (χ2n) is 5.56. The van der Waals surface area contributed by atoms with E-state index in [1.807, 2.05) is 7.05 Å². The number of likely N-dealkylation sites (N-methyl/N-ethyl adjacent to an activating group) is 2. The van der Waals surface area contributed by atoms with Crippen LogP contribution in [0.5, 0.6) is 0 Å². The van der Waals surface area contributed by atoms with E-state index in [9.17, 15) is 0 Å². The van der Waals surface area contributed by atoms with Crippen molar-refractivity contribution < 1.29 is 0 Å². The summed E-state index contributed by atoms with van der Waals surface area (Å²) in [5.74, 6) is 1.59. The van der Waals surface area contributed by atoms with Crippen molar-refractivity contribution >= 4 is 33.3 Å². The maximum atomic E-state index is 4.56. The largest absolute Gasteiger partial charge is 0.368 e. The number of nitrogens with one attached hydrogen (secondary N) is 2. The molecule has 1 atom stereocenters. The number of aromatic nitrogens is 2. The second kappa shape index (κ2) is 6.13. The van der Waals surface area contributed by atoms with Crippen LogP contribution in [0, 0.1) is 0 Å². The van der Waals surface area contributed by atoms with Crippen LogP contribution >= 0.6 is 11.3 Å². The molecule has 2 aromatic heterocycles. The summed E-state index contributed by atoms with van der Waals surface area (Å²) < 4.78 is 0. The number of nitrogens with zero attached hydrogens (tertiary/aromatic N) is 4. The number of anilines is 2. The zero-order chi connectivity index (χ0) is 14.8. The van der Waals surface area contributed by atoms with Gasteiger partial charge in [0.15, 0.2) is 0 Å². The topological polar surface area (TPSA) is 56.3 Å². The van der Waals surface area contributed by atoms with Crippen molar-refractivity contribution in [2.45, 2.75) is 6.04 Å². The van der Waals surface area contributed by atoms with E-state index in [2.05, 4.69) is 55.9 Å². The molecule has 6 nitrogen and oxygen atoms in total. The van der Waals surface area contributed by atoms with E-state index in [-0.39, 0.29) is 0 Å². The molecule has 7 heteroatoms. The molecule has 2 aromatic rings. The Morgan fingerprint density at radius 1 is 1.33 bits per heavy atom. The number of hydrogen-bond donors (Lipinski definition) is 2. The van der Waals surface area contributed by atoms with Gasteiger partial charge in [0.05, 0.1) is 5.39 Å². The fraction of sp³-hybridized carbons (Fsp3) is 0.571. The zero-order valence-electron chi connectivity index (χ0n) is 12.8. The SMILES string of the molecule is CNc1nc(NCC2CN(C)CCN2C)c2ccsc2n1. The molecule has 1 unspecified atom stereocenters. The molecule has 0 radical (unpaired) electrons. The molecule has 0 saturated carbocycles. The molecule has 0 spiro atoms. The number of fused-ring (bicyclic) bond motifs is 1. The highest BCUT2D eigenvalue weighted by molar-refractivity contribution is 7.16. The van der Waals surface area contributed by atoms with Crippen LogP contribution in [0.15, 0.2) is 11.4 Å². The van der Waals surface area contributed by atoms with Gasteiger partial charge in [-0.25, -0.2) is 4.98 Å². The summed E-state index contributed by atoms with van der Waals surface area (Å²) in [6, 6.07) is 2.59. The van der Waals surface area contributed by atoms with E-state index in [0.29, 0.717) is 12.0 Å². The monoisotopic (exact) mass is 306 g/mol. The summed E-state index contributed by atoms with van der Waals surface area (Å²) in [6.45, 7) is 4.23. The Morgan fingerprint density at radius 3 is 3.00 bits per heavy atom. The Morgan fingerprint density at radius 2 is 2.19 bits per heavy atom. The Labute approximate surface area is 129 Å². The molecule has 0 bridgehead atoms. The van der Waals surface area contributed by atoms with E-state index in [0.717, 1.165) is 42.2 Å². The molecular formula is C14H22N6S. The highest BCUT2D eigenvalue weighted by Crippen LogP contribution is 2.26. The van der Waals surface area contributed by atoms with E-state index >= 15 is 0 Å². The van der Waals surface area contributed by atoms with Crippen LogP contribution in [0.25, 0.3) is 10.2 Å². The lowest BCUT2D eigenvalue weighted by atomic mass is 10.2. The minimum atomic E-state index is 0.505. The van der Waals surface area contributed by atoms with Gasteiger partial charge in [-0.2, -0.15) is 4.98 Å². The maximum absolute atomic E-state index is 4.56. The molecule has 1 aliphatic heterocycles. The fourth-order valence-corrected chi connectivity index (χ4v) is 3.40. The van der Waals surface area contributed by atoms with Crippen LogP contribution in [0.2, 0.25) is 0 Å². The molecule has 0 aliphatic carbocycles. The summed E-state index contributed by atoms with van der Waals surface area (Å²) in [6.07, 6.45) is 0. The lowest BCUT2D eigenvalue weighted by Gasteiger charge is -2.37. The number of thiophene rings is 1. The molecule has 1 saturated heterocycles. The first-order valence-corrected chi connectivity index (χ1v) is 8.11. The molecule has 3 heterocycles. The summed E-state index contributed by atoms with van der Waals surface area (Å²) >= 11 is 1.64. The lowest BCUT2D eigenvalue weighted by molar-refractivity contribution is 0.122. The quantitative estimate of drug-likeness (QED) is 0.890. The van der Waals surface area contributed by atoms with Crippen LogP contribution in [-0.4, -0.2) is 73.1 Å². The van der Waals surface area contributed by atoms with Crippen molar-refractivity contribution in [2.24, 2.45) is 0 Å². The summed E-state index contributed by atoms with van der Waals surface area (Å²) in [7, 11) is 6.22. The van der Waals surface area contributed by atoms with Crippen LogP contribution < -0.4 is 10.6 Å². The average Bonchev–Trinajstić information content (AvgIpc) is 2.96. The van der Waals surface area contributed by atoms with E-state index in [1.165, 1.54) is 0 Å². The first-order chi connectivity index (χ1) is 10.2. The molecule has 2 N–H and O–H groups in total. The first-order valence-electron chi connectivity index (χ1n) is 7.23. The van der Waals surface area contributed by atoms with Gasteiger partial charge >= 0.3 is 0 Å². The summed E-state index contributed by atoms with van der Waals surface area (Å²) in [4.78, 5) is 14.8. The molecule has 1 fully saturated rings. The molecule has 1 aliphatic rings. The van der Waals surface area contributed by atoms with Crippen molar-refractivity contribution in [1.82, 2.24) is 19.8 Å². The first kappa shape index (κ1) is 14.5. The van der Waals surface area contributed by atoms with Crippen molar-refractivity contribution in [2.75, 3.05) is 58.0 Å². The molecule has 3 rings (SSSR count). The molecule has 114 valence electrons. The van der Waals surface area contributed by atoms with Crippen molar-refractivity contribution in [3.05, 3.63) is 11.4 Å². The van der Waals surface area contributed by atoms with Gasteiger partial charge in [0.1, 0.15) is 10.6 Å². The predicted octanol–water partition coefficient (Wildman–Crippen LogP) is 1.39. The van der Waals surface area contributed by atoms with Gasteiger partial charge in [0.25, 0.3) is 0 Å². The van der Waals surface area contributed by atoms with Crippen LogP contribution in [0.4, 0.5) is 11.8 Å². The van der Waals surface area contributed by atoms with Crippen LogP contribution in [0.1, 0.15) is 0 Å². The van der Waals surface area contributed by atoms with Gasteiger partial charge in [-0.15, -0.1) is 11.3 Å². The van der Waals surface area contributed by atoms with Gasteiger partial charge in [-0.05, 0) is 25.5 Å². The maximum Gasteiger partial charge on any atom is 0.225 e. The van der Waals surface area contributed by atoms with Gasteiger partial charge in [-0.1, -0.05) is 0 Å². The highest BCUT2D eigenvalue weighted by atomic mass is 32.1. The third-order valence-electron chi connectivity index (χ3n) is 4.03. The van der Waals surface area contributed by atoms with Crippen LogP contribution in [0.3, 0.4) is 0 Å². The summed E-state index contributed by atoms with van der Waals surface area (Å²) in [5, 5.41) is 9.71. The molecule has 0 aromatic carbocycles. The third-order valence-corrected chi connectivity index (χ3v) is 4.84. The van der Waals surface area contributed by atoms with E-state index in [1.54, 1.807) is 11.3 Å². The minimum Gasteiger partial charge on any atom is -0.368 e. The van der Waals surface area contributed by atoms with Gasteiger partial charge in [0.2, 0.25) is 5.95 Å². The fourth-order valence-electron chi connectivity index (χ4n) is 2.64. The smallest absolute Gasteiger partial charge is 0.225 e. The van der Waals surface area contributed by atoms with Gasteiger partial charge < -0.3 is 15.5 Å². The predicted molar refractivity (Wildman–Crippen MR) is 89.4 cm³/mol. The average molecular weight is 306 g/mol. The number of rotatable bonds is 4. The third kappa shape index (κ3) is 3.09. The van der Waals surface area contributed by atoms with Gasteiger partial charge in [-0.3, -0.25) is 4.90 Å². The van der Waals surface area contributed by atoms with Crippen molar-refractivity contribution in [1.29, 1.82) is 0 Å². The van der Waals surface area contributed by atoms with Crippen molar-refractivity contribution in [3.8, 4) is 0 Å². The van der Waals surface area contributed by atoms with Crippen molar-refractivity contribution in [3.63, 3.8) is 0 Å². The Balaban J connectivity index is 1.76. The highest BCUT2D eigenvalue weighted by Gasteiger charge is 2.22. The van der Waals surface area contributed by atoms with Gasteiger partial charge in [0, 0.05) is 39.3 Å². The normalized spacial score (nSPS) is 20.8. The number of piperazine rings is 1. The molecule has 0 amide bonds. The Hall–Kier alpha value is -1.44. The lowest BCUT2D eigenvalue weighted by Crippen LogP contribution is -2.52. The Bertz CT molecular complexity index is 613.